The average molecular weight is 636 g/mol. The smallest absolute Gasteiger partial charge is 0.0173 e. The van der Waals surface area contributed by atoms with Crippen LogP contribution in [-0.2, 0) is 0 Å². The van der Waals surface area contributed by atoms with Gasteiger partial charge in [0.2, 0.25) is 0 Å². The van der Waals surface area contributed by atoms with Gasteiger partial charge in [-0.2, -0.15) is 0 Å². The van der Waals surface area contributed by atoms with Gasteiger partial charge in [-0.15, -0.1) is 0 Å². The fourth-order valence-corrected chi connectivity index (χ4v) is 3.84. The van der Waals surface area contributed by atoms with Gasteiger partial charge >= 0.3 is 0 Å². The number of hydrogen-bond donors (Lipinski definition) is 8. The summed E-state index contributed by atoms with van der Waals surface area (Å²) in [6.07, 6.45) is 32.8. The molecule has 45 heavy (non-hydrogen) atoms. The Morgan fingerprint density at radius 2 is 0.622 bits per heavy atom. The van der Waals surface area contributed by atoms with Crippen molar-refractivity contribution in [2.24, 2.45) is 51.8 Å². The molecule has 0 unspecified atom stereocenters. The minimum absolute atomic E-state index is 0. The quantitative estimate of drug-likeness (QED) is 0.219. The maximum atomic E-state index is 5.24. The molecule has 264 valence electrons. The Morgan fingerprint density at radius 1 is 0.400 bits per heavy atom. The van der Waals surface area contributed by atoms with Crippen molar-refractivity contribution in [3.8, 4) is 0 Å². The molecule has 0 bridgehead atoms. The maximum absolute atomic E-state index is 5.24. The zero-order valence-corrected chi connectivity index (χ0v) is 27.6. The maximum Gasteiger partial charge on any atom is 0.0173 e. The van der Waals surface area contributed by atoms with Crippen LogP contribution < -0.4 is 45.9 Å². The molecule has 1 saturated carbocycles. The Balaban J connectivity index is -0.000000141. The molecular weight excluding hydrogens is 562 g/mol. The van der Waals surface area contributed by atoms with E-state index in [1.54, 1.807) is 24.8 Å². The second-order valence-corrected chi connectivity index (χ2v) is 9.63. The summed E-state index contributed by atoms with van der Waals surface area (Å²) in [6, 6.07) is 0. The lowest BCUT2D eigenvalue weighted by Crippen LogP contribution is -2.24. The molecular formula is C34H73N11. The summed E-state index contributed by atoms with van der Waals surface area (Å²) >= 11 is 0. The highest BCUT2D eigenvalue weighted by Crippen LogP contribution is 2.29. The molecule has 11 heteroatoms. The third-order valence-corrected chi connectivity index (χ3v) is 5.82. The van der Waals surface area contributed by atoms with Gasteiger partial charge in [-0.3, -0.25) is 0 Å². The minimum Gasteiger partial charge on any atom is -0.405 e. The van der Waals surface area contributed by atoms with E-state index >= 15 is 0 Å². The molecule has 16 N–H and O–H groups in total. The molecule has 0 atom stereocenters. The Kier molecular flexibility index (Phi) is 52.2. The van der Waals surface area contributed by atoms with Crippen LogP contribution in [0.3, 0.4) is 0 Å². The number of allylic oxidation sites excluding steroid dienone is 1. The topological polar surface area (TPSA) is 218 Å². The van der Waals surface area contributed by atoms with Crippen LogP contribution in [-0.4, -0.2) is 54.0 Å². The van der Waals surface area contributed by atoms with Crippen LogP contribution in [0.4, 0.5) is 0 Å². The second-order valence-electron chi connectivity index (χ2n) is 9.63. The molecule has 1 aliphatic carbocycles. The summed E-state index contributed by atoms with van der Waals surface area (Å²) in [6.45, 7) is 19.7. The molecule has 11 nitrogen and oxygen atoms in total. The normalized spacial score (nSPS) is 16.2. The van der Waals surface area contributed by atoms with E-state index in [0.717, 1.165) is 5.92 Å². The first kappa shape index (κ1) is 50.4. The van der Waals surface area contributed by atoms with E-state index in [1.807, 2.05) is 18.6 Å². The number of rotatable bonds is 4. The van der Waals surface area contributed by atoms with Crippen molar-refractivity contribution in [1.29, 1.82) is 0 Å². The predicted octanol–water partition coefficient (Wildman–Crippen LogP) is 4.18. The lowest BCUT2D eigenvalue weighted by Gasteiger charge is -2.24. The fraction of sp³-hybridized carbons (Fsp3) is 0.529. The van der Waals surface area contributed by atoms with Gasteiger partial charge in [-0.1, -0.05) is 39.8 Å². The highest BCUT2D eigenvalue weighted by atomic mass is 15.1. The first-order valence-corrected chi connectivity index (χ1v) is 15.5. The summed E-state index contributed by atoms with van der Waals surface area (Å²) in [5.41, 5.74) is 39.2. The van der Waals surface area contributed by atoms with E-state index in [1.165, 1.54) is 128 Å². The number of likely N-dealkylation sites (tertiary alicyclic amines) is 3. The molecule has 3 heterocycles. The van der Waals surface area contributed by atoms with Gasteiger partial charge in [-0.25, -0.2) is 0 Å². The van der Waals surface area contributed by atoms with E-state index < -0.39 is 0 Å². The van der Waals surface area contributed by atoms with Gasteiger partial charge in [0, 0.05) is 76.5 Å². The summed E-state index contributed by atoms with van der Waals surface area (Å²) in [4.78, 5) is 6.77. The third kappa shape index (κ3) is 49.7. The number of nitrogens with zero attached hydrogens (tertiary/aromatic N) is 3. The molecule has 0 aromatic carbocycles. The Bertz CT molecular complexity index is 649. The monoisotopic (exact) mass is 636 g/mol. The van der Waals surface area contributed by atoms with Crippen LogP contribution >= 0.6 is 0 Å². The molecule has 4 aliphatic rings. The molecule has 4 rings (SSSR count). The van der Waals surface area contributed by atoms with E-state index in [0.29, 0.717) is 0 Å². The number of hydrogen-bond acceptors (Lipinski definition) is 11. The van der Waals surface area contributed by atoms with Crippen molar-refractivity contribution in [2.45, 2.75) is 71.6 Å². The molecule has 0 aromatic rings. The van der Waals surface area contributed by atoms with Crippen molar-refractivity contribution in [3.05, 3.63) is 101 Å². The summed E-state index contributed by atoms with van der Waals surface area (Å²) in [5, 5.41) is 0. The SMILES string of the molecule is C.C=CN.C=CN.C=CN.C=CN.NC=CC1CC1.NC=CN1CCCC1.NC=CN1CCCCC1.NC=CN1CCCCC1. The standard InChI is InChI=1S/2C7H14N2.C6H12N2.C5H9N.4C2H5N.CH4/c2*8-4-7-9-5-2-1-3-6-9;7-3-6-8-4-1-2-5-8;6-4-3-5-1-2-5;4*1-2-3;/h2*4,7H,1-3,5-6,8H2;3,6H,1-2,4-5,7H2;3-5H,1-2,6H2;4*2H,1,3H2;1H4. The van der Waals surface area contributed by atoms with Gasteiger partial charge in [0.15, 0.2) is 0 Å². The molecule has 3 saturated heterocycles. The Morgan fingerprint density at radius 3 is 0.778 bits per heavy atom. The van der Waals surface area contributed by atoms with Crippen molar-refractivity contribution in [1.82, 2.24) is 14.7 Å². The Hall–Kier alpha value is -4.28. The first-order valence-electron chi connectivity index (χ1n) is 15.5. The van der Waals surface area contributed by atoms with Crippen LogP contribution in [0.15, 0.2) is 101 Å². The van der Waals surface area contributed by atoms with Crippen molar-refractivity contribution < 1.29 is 0 Å². The van der Waals surface area contributed by atoms with E-state index in [-0.39, 0.29) is 7.43 Å². The van der Waals surface area contributed by atoms with E-state index in [4.69, 9.17) is 22.9 Å². The van der Waals surface area contributed by atoms with Crippen LogP contribution in [0.2, 0.25) is 0 Å². The van der Waals surface area contributed by atoms with Crippen LogP contribution in [0, 0.1) is 5.92 Å². The molecule has 0 radical (unpaired) electrons. The highest BCUT2D eigenvalue weighted by Gasteiger charge is 2.16. The van der Waals surface area contributed by atoms with Gasteiger partial charge in [0.05, 0.1) is 0 Å². The van der Waals surface area contributed by atoms with Gasteiger partial charge < -0.3 is 60.6 Å². The molecule has 0 spiro atoms. The number of piperidine rings is 2. The van der Waals surface area contributed by atoms with Gasteiger partial charge in [-0.05, 0) is 101 Å². The van der Waals surface area contributed by atoms with E-state index in [2.05, 4.69) is 70.0 Å². The summed E-state index contributed by atoms with van der Waals surface area (Å²) in [5.74, 6) is 0.843. The van der Waals surface area contributed by atoms with Crippen molar-refractivity contribution in [2.75, 3.05) is 39.3 Å². The predicted molar refractivity (Wildman–Crippen MR) is 202 cm³/mol. The Labute approximate surface area is 277 Å². The summed E-state index contributed by atoms with van der Waals surface area (Å²) < 4.78 is 0. The minimum atomic E-state index is 0. The van der Waals surface area contributed by atoms with Gasteiger partial charge in [0.25, 0.3) is 0 Å². The number of nitrogens with two attached hydrogens (primary N) is 8. The zero-order chi connectivity index (χ0) is 34.1. The first-order chi connectivity index (χ1) is 21.4. The van der Waals surface area contributed by atoms with E-state index in [9.17, 15) is 0 Å². The third-order valence-electron chi connectivity index (χ3n) is 5.82. The van der Waals surface area contributed by atoms with Crippen molar-refractivity contribution >= 4 is 0 Å². The van der Waals surface area contributed by atoms with Crippen LogP contribution in [0.1, 0.15) is 71.6 Å². The fourth-order valence-electron chi connectivity index (χ4n) is 3.84. The van der Waals surface area contributed by atoms with Gasteiger partial charge in [0.1, 0.15) is 0 Å². The second kappa shape index (κ2) is 46.7. The molecule has 0 amide bonds. The van der Waals surface area contributed by atoms with Crippen LogP contribution in [0.5, 0.6) is 0 Å². The van der Waals surface area contributed by atoms with Crippen molar-refractivity contribution in [3.63, 3.8) is 0 Å². The largest absolute Gasteiger partial charge is 0.405 e. The molecule has 4 fully saturated rings. The molecule has 0 aromatic heterocycles. The lowest BCUT2D eigenvalue weighted by atomic mass is 10.1. The highest BCUT2D eigenvalue weighted by molar-refractivity contribution is 4.93. The van der Waals surface area contributed by atoms with Crippen LogP contribution in [0.25, 0.3) is 0 Å². The zero-order valence-electron chi connectivity index (χ0n) is 27.6. The average Bonchev–Trinajstić information content (AvgIpc) is 3.69. The lowest BCUT2D eigenvalue weighted by molar-refractivity contribution is 0.309. The summed E-state index contributed by atoms with van der Waals surface area (Å²) in [7, 11) is 0. The molecule has 3 aliphatic heterocycles.